The van der Waals surface area contributed by atoms with Crippen molar-refractivity contribution in [2.45, 2.75) is 24.0 Å². The highest BCUT2D eigenvalue weighted by Gasteiger charge is 2.30. The van der Waals surface area contributed by atoms with Crippen molar-refractivity contribution in [1.82, 2.24) is 19.7 Å². The molecule has 4 rings (SSSR count). The van der Waals surface area contributed by atoms with Gasteiger partial charge in [0.2, 0.25) is 11.9 Å². The molecule has 1 atom stereocenters. The van der Waals surface area contributed by atoms with Crippen molar-refractivity contribution in [3.05, 3.63) is 22.4 Å². The summed E-state index contributed by atoms with van der Waals surface area (Å²) in [5, 5.41) is 11.5. The van der Waals surface area contributed by atoms with Crippen LogP contribution in [-0.4, -0.2) is 64.2 Å². The van der Waals surface area contributed by atoms with Gasteiger partial charge in [-0.3, -0.25) is 9.36 Å². The first kappa shape index (κ1) is 17.8. The van der Waals surface area contributed by atoms with Crippen LogP contribution in [0.5, 0.6) is 0 Å². The number of amides is 1. The van der Waals surface area contributed by atoms with Crippen LogP contribution in [0.3, 0.4) is 0 Å². The Morgan fingerprint density at radius 3 is 2.96 bits per heavy atom. The Kier molecular flexibility index (Phi) is 5.46. The molecule has 2 aliphatic heterocycles. The smallest absolute Gasteiger partial charge is 0.233 e. The molecule has 1 amide bonds. The second-order valence-electron chi connectivity index (χ2n) is 6.49. The molecule has 0 unspecified atom stereocenters. The minimum Gasteiger partial charge on any atom is -0.378 e. The van der Waals surface area contributed by atoms with E-state index in [1.54, 1.807) is 11.3 Å². The van der Waals surface area contributed by atoms with E-state index in [4.69, 9.17) is 4.74 Å². The second-order valence-corrected chi connectivity index (χ2v) is 8.41. The molecule has 2 aromatic rings. The van der Waals surface area contributed by atoms with Crippen LogP contribution >= 0.6 is 23.1 Å². The molecule has 4 heterocycles. The normalized spacial score (nSPS) is 20.7. The Balaban J connectivity index is 1.38. The van der Waals surface area contributed by atoms with Crippen molar-refractivity contribution >= 4 is 35.0 Å². The zero-order valence-corrected chi connectivity index (χ0v) is 16.5. The Morgan fingerprint density at radius 2 is 2.19 bits per heavy atom. The Labute approximate surface area is 161 Å². The van der Waals surface area contributed by atoms with Crippen molar-refractivity contribution in [1.29, 1.82) is 0 Å². The average Bonchev–Trinajstić information content (AvgIpc) is 3.41. The van der Waals surface area contributed by atoms with Gasteiger partial charge in [0, 0.05) is 31.6 Å². The molecule has 7 nitrogen and oxygen atoms in total. The molecule has 0 bridgehead atoms. The minimum absolute atomic E-state index is 0.182. The maximum Gasteiger partial charge on any atom is 0.233 e. The number of carbonyl (C=O) groups excluding carboxylic acids is 1. The zero-order valence-electron chi connectivity index (χ0n) is 14.8. The summed E-state index contributed by atoms with van der Waals surface area (Å²) in [6, 6.07) is 4.43. The summed E-state index contributed by atoms with van der Waals surface area (Å²) in [5.74, 6) is 1.43. The van der Waals surface area contributed by atoms with E-state index >= 15 is 0 Å². The third-order valence-electron chi connectivity index (χ3n) is 4.88. The number of anilines is 1. The summed E-state index contributed by atoms with van der Waals surface area (Å²) >= 11 is 3.20. The Bertz CT molecular complexity index is 742. The number of likely N-dealkylation sites (tertiary alicyclic amines) is 1. The first-order chi connectivity index (χ1) is 12.7. The van der Waals surface area contributed by atoms with Crippen LogP contribution < -0.4 is 4.90 Å². The van der Waals surface area contributed by atoms with E-state index in [1.807, 2.05) is 16.5 Å². The standard InChI is InChI=1S/C17H23N5O2S2/c1-20-16(21-7-9-24-10-8-21)18-19-17(20)26-12-15(23)22-6-2-4-13(22)14-5-3-11-25-14/h3,5,11,13H,2,4,6-10,12H2,1H3/t13-/m0/s1. The van der Waals surface area contributed by atoms with Crippen LogP contribution in [0.2, 0.25) is 0 Å². The monoisotopic (exact) mass is 393 g/mol. The Hall–Kier alpha value is -1.58. The van der Waals surface area contributed by atoms with Gasteiger partial charge >= 0.3 is 0 Å². The number of morpholine rings is 1. The van der Waals surface area contributed by atoms with Crippen LogP contribution in [0.25, 0.3) is 0 Å². The largest absolute Gasteiger partial charge is 0.378 e. The summed E-state index contributed by atoms with van der Waals surface area (Å²) < 4.78 is 7.37. The van der Waals surface area contributed by atoms with E-state index in [9.17, 15) is 4.79 Å². The van der Waals surface area contributed by atoms with Gasteiger partial charge < -0.3 is 14.5 Å². The third kappa shape index (κ3) is 3.60. The lowest BCUT2D eigenvalue weighted by Gasteiger charge is -2.27. The molecule has 0 N–H and O–H groups in total. The van der Waals surface area contributed by atoms with Crippen molar-refractivity contribution < 1.29 is 9.53 Å². The third-order valence-corrected chi connectivity index (χ3v) is 6.85. The molecule has 0 saturated carbocycles. The summed E-state index contributed by atoms with van der Waals surface area (Å²) in [6.45, 7) is 3.93. The van der Waals surface area contributed by atoms with Crippen molar-refractivity contribution in [3.8, 4) is 0 Å². The van der Waals surface area contributed by atoms with Gasteiger partial charge in [-0.15, -0.1) is 21.5 Å². The number of aromatic nitrogens is 3. The van der Waals surface area contributed by atoms with E-state index in [0.717, 1.165) is 43.6 Å². The van der Waals surface area contributed by atoms with Crippen LogP contribution in [0, 0.1) is 0 Å². The molecule has 0 aromatic carbocycles. The second kappa shape index (κ2) is 7.98. The minimum atomic E-state index is 0.182. The van der Waals surface area contributed by atoms with Crippen molar-refractivity contribution in [3.63, 3.8) is 0 Å². The van der Waals surface area contributed by atoms with Crippen LogP contribution in [0.4, 0.5) is 5.95 Å². The molecule has 0 radical (unpaired) electrons. The molecule has 2 saturated heterocycles. The number of carbonyl (C=O) groups is 1. The molecule has 9 heteroatoms. The summed E-state index contributed by atoms with van der Waals surface area (Å²) in [5.41, 5.74) is 0. The van der Waals surface area contributed by atoms with Crippen LogP contribution in [0.1, 0.15) is 23.8 Å². The van der Waals surface area contributed by atoms with Gasteiger partial charge in [-0.2, -0.15) is 0 Å². The molecule has 2 aliphatic rings. The lowest BCUT2D eigenvalue weighted by atomic mass is 10.2. The highest BCUT2D eigenvalue weighted by molar-refractivity contribution is 7.99. The predicted molar refractivity (Wildman–Crippen MR) is 103 cm³/mol. The lowest BCUT2D eigenvalue weighted by Crippen LogP contribution is -2.37. The maximum atomic E-state index is 12.8. The molecule has 2 fully saturated rings. The number of thioether (sulfide) groups is 1. The Morgan fingerprint density at radius 1 is 1.35 bits per heavy atom. The van der Waals surface area contributed by atoms with Gasteiger partial charge in [0.05, 0.1) is 25.0 Å². The fourth-order valence-corrected chi connectivity index (χ4v) is 5.19. The fourth-order valence-electron chi connectivity index (χ4n) is 3.52. The fraction of sp³-hybridized carbons (Fsp3) is 0.588. The van der Waals surface area contributed by atoms with Gasteiger partial charge in [-0.25, -0.2) is 0 Å². The lowest BCUT2D eigenvalue weighted by molar-refractivity contribution is -0.129. The molecule has 26 heavy (non-hydrogen) atoms. The highest BCUT2D eigenvalue weighted by atomic mass is 32.2. The van der Waals surface area contributed by atoms with E-state index in [-0.39, 0.29) is 11.9 Å². The van der Waals surface area contributed by atoms with E-state index in [0.29, 0.717) is 19.0 Å². The van der Waals surface area contributed by atoms with Crippen molar-refractivity contribution in [2.75, 3.05) is 43.5 Å². The number of hydrogen-bond donors (Lipinski definition) is 0. The van der Waals surface area contributed by atoms with Gasteiger partial charge in [0.25, 0.3) is 0 Å². The SMILES string of the molecule is Cn1c(SCC(=O)N2CCC[C@H]2c2cccs2)nnc1N1CCOCC1. The summed E-state index contributed by atoms with van der Waals surface area (Å²) in [4.78, 5) is 18.3. The number of rotatable bonds is 5. The topological polar surface area (TPSA) is 63.5 Å². The van der Waals surface area contributed by atoms with Crippen LogP contribution in [-0.2, 0) is 16.6 Å². The first-order valence-corrected chi connectivity index (χ1v) is 10.8. The molecule has 0 aliphatic carbocycles. The molecular weight excluding hydrogens is 370 g/mol. The molecule has 0 spiro atoms. The van der Waals surface area contributed by atoms with Crippen molar-refractivity contribution in [2.24, 2.45) is 7.05 Å². The van der Waals surface area contributed by atoms with E-state index in [1.165, 1.54) is 16.6 Å². The number of nitrogens with zero attached hydrogens (tertiary/aromatic N) is 5. The van der Waals surface area contributed by atoms with Gasteiger partial charge in [0.1, 0.15) is 0 Å². The van der Waals surface area contributed by atoms with E-state index in [2.05, 4.69) is 32.6 Å². The number of ether oxygens (including phenoxy) is 1. The average molecular weight is 394 g/mol. The number of thiophene rings is 1. The summed E-state index contributed by atoms with van der Waals surface area (Å²) in [6.07, 6.45) is 2.13. The quantitative estimate of drug-likeness (QED) is 0.726. The van der Waals surface area contributed by atoms with Gasteiger partial charge in [-0.1, -0.05) is 17.8 Å². The molecule has 140 valence electrons. The number of hydrogen-bond acceptors (Lipinski definition) is 7. The highest BCUT2D eigenvalue weighted by Crippen LogP contribution is 2.35. The molecular formula is C17H23N5O2S2. The van der Waals surface area contributed by atoms with E-state index < -0.39 is 0 Å². The van der Waals surface area contributed by atoms with Gasteiger partial charge in [0.15, 0.2) is 5.16 Å². The zero-order chi connectivity index (χ0) is 17.9. The first-order valence-electron chi connectivity index (χ1n) is 8.92. The van der Waals surface area contributed by atoms with Gasteiger partial charge in [-0.05, 0) is 24.3 Å². The van der Waals surface area contributed by atoms with Crippen LogP contribution in [0.15, 0.2) is 22.7 Å². The maximum absolute atomic E-state index is 12.8. The summed E-state index contributed by atoms with van der Waals surface area (Å²) in [7, 11) is 1.96. The molecule has 2 aromatic heterocycles. The predicted octanol–water partition coefficient (Wildman–Crippen LogP) is 2.17.